The average Bonchev–Trinajstić information content (AvgIpc) is 3.10. The Hall–Kier alpha value is -3.04. The van der Waals surface area contributed by atoms with Gasteiger partial charge in [-0.3, -0.25) is 9.59 Å². The van der Waals surface area contributed by atoms with Crippen LogP contribution in [0.5, 0.6) is 5.75 Å². The summed E-state index contributed by atoms with van der Waals surface area (Å²) in [6, 6.07) is 0. The van der Waals surface area contributed by atoms with Gasteiger partial charge in [-0.05, 0) is 32.3 Å². The molecule has 2 rings (SSSR count). The molecule has 0 atom stereocenters. The number of ketones is 1. The lowest BCUT2D eigenvalue weighted by molar-refractivity contribution is -0.168. The largest absolute Gasteiger partial charge is 0.496 e. The molecule has 0 aliphatic carbocycles. The summed E-state index contributed by atoms with van der Waals surface area (Å²) in [6.45, 7) is 2.45. The highest BCUT2D eigenvalue weighted by molar-refractivity contribution is 6.02. The highest BCUT2D eigenvalue weighted by atomic mass is 19.4. The van der Waals surface area contributed by atoms with E-state index in [-0.39, 0.29) is 36.7 Å². The number of nitrogens with one attached hydrogen (secondary N) is 1. The van der Waals surface area contributed by atoms with E-state index in [1.165, 1.54) is 14.2 Å². The number of methoxy groups -OCH3 is 2. The Morgan fingerprint density at radius 3 is 2.48 bits per heavy atom. The Bertz CT molecular complexity index is 921. The zero-order chi connectivity index (χ0) is 23.3. The molecule has 0 unspecified atom stereocenters. The molecule has 0 spiro atoms. The number of ether oxygens (including phenoxy) is 3. The number of rotatable bonds is 9. The van der Waals surface area contributed by atoms with E-state index in [1.54, 1.807) is 19.9 Å². The summed E-state index contributed by atoms with van der Waals surface area (Å²) in [6.07, 6.45) is -2.42. The minimum absolute atomic E-state index is 0.0352. The third kappa shape index (κ3) is 5.56. The minimum Gasteiger partial charge on any atom is -0.496 e. The standard InChI is InChI=1S/C21H24F3NO6/c1-11(6-8-16(27)29-3)5-7-13-18(25-9-15(26)21(22,23)24)17-14(10-31-20(17)28)12(2)19(13)30-4/h5,25H,6-10H2,1-4H3/b11-5+. The van der Waals surface area contributed by atoms with Crippen LogP contribution in [0, 0.1) is 6.92 Å². The van der Waals surface area contributed by atoms with Crippen molar-refractivity contribution in [2.75, 3.05) is 26.1 Å². The predicted molar refractivity (Wildman–Crippen MR) is 105 cm³/mol. The average molecular weight is 443 g/mol. The van der Waals surface area contributed by atoms with E-state index in [9.17, 15) is 27.6 Å². The molecule has 0 amide bonds. The Balaban J connectivity index is 2.46. The normalized spacial score (nSPS) is 13.5. The quantitative estimate of drug-likeness (QED) is 0.460. The lowest BCUT2D eigenvalue weighted by Gasteiger charge is -2.20. The molecule has 0 aromatic heterocycles. The van der Waals surface area contributed by atoms with Gasteiger partial charge in [0.05, 0.1) is 32.0 Å². The molecule has 31 heavy (non-hydrogen) atoms. The monoisotopic (exact) mass is 443 g/mol. The zero-order valence-corrected chi connectivity index (χ0v) is 17.7. The molecule has 10 heteroatoms. The smallest absolute Gasteiger partial charge is 0.451 e. The van der Waals surface area contributed by atoms with Gasteiger partial charge in [0.1, 0.15) is 12.4 Å². The van der Waals surface area contributed by atoms with Gasteiger partial charge < -0.3 is 19.5 Å². The maximum Gasteiger partial charge on any atom is 0.451 e. The summed E-state index contributed by atoms with van der Waals surface area (Å²) < 4.78 is 53.2. The van der Waals surface area contributed by atoms with Gasteiger partial charge in [0.2, 0.25) is 0 Å². The number of hydrogen-bond acceptors (Lipinski definition) is 7. The summed E-state index contributed by atoms with van der Waals surface area (Å²) in [5.41, 5.74) is 2.57. The third-order valence-corrected chi connectivity index (χ3v) is 5.02. The molecule has 0 radical (unpaired) electrons. The van der Waals surface area contributed by atoms with Crippen LogP contribution in [-0.4, -0.2) is 44.7 Å². The molecular formula is C21H24F3NO6. The van der Waals surface area contributed by atoms with Crippen LogP contribution in [0.2, 0.25) is 0 Å². The summed E-state index contributed by atoms with van der Waals surface area (Å²) >= 11 is 0. The lowest BCUT2D eigenvalue weighted by Crippen LogP contribution is -2.30. The van der Waals surface area contributed by atoms with Crippen LogP contribution in [0.15, 0.2) is 11.6 Å². The number of cyclic esters (lactones) is 1. The van der Waals surface area contributed by atoms with Crippen molar-refractivity contribution in [3.63, 3.8) is 0 Å². The number of Topliss-reactive ketones (excluding diaryl/α,β-unsaturated/α-hetero) is 1. The van der Waals surface area contributed by atoms with E-state index >= 15 is 0 Å². The molecule has 1 aliphatic rings. The molecule has 1 aromatic rings. The van der Waals surface area contributed by atoms with Crippen molar-refractivity contribution in [2.24, 2.45) is 0 Å². The molecule has 1 heterocycles. The predicted octanol–water partition coefficient (Wildman–Crippen LogP) is 3.66. The fourth-order valence-corrected chi connectivity index (χ4v) is 3.30. The molecule has 0 fully saturated rings. The second kappa shape index (κ2) is 9.84. The van der Waals surface area contributed by atoms with Crippen LogP contribution >= 0.6 is 0 Å². The van der Waals surface area contributed by atoms with Crippen LogP contribution in [0.3, 0.4) is 0 Å². The van der Waals surface area contributed by atoms with Gasteiger partial charge >= 0.3 is 18.1 Å². The maximum absolute atomic E-state index is 12.7. The number of anilines is 1. The van der Waals surface area contributed by atoms with Crippen LogP contribution in [0.25, 0.3) is 0 Å². The van der Waals surface area contributed by atoms with Crippen molar-refractivity contribution in [1.82, 2.24) is 0 Å². The molecular weight excluding hydrogens is 419 g/mol. The summed E-state index contributed by atoms with van der Waals surface area (Å²) in [7, 11) is 2.70. The SMILES string of the molecule is COC(=O)CC/C(C)=C/Cc1c(NCC(=O)C(F)(F)F)c2c(c(C)c1OC)COC2=O. The van der Waals surface area contributed by atoms with Crippen LogP contribution < -0.4 is 10.1 Å². The molecule has 1 N–H and O–H groups in total. The molecule has 0 saturated carbocycles. The van der Waals surface area contributed by atoms with Gasteiger partial charge in [-0.15, -0.1) is 0 Å². The first-order valence-corrected chi connectivity index (χ1v) is 9.47. The molecule has 0 saturated heterocycles. The lowest BCUT2D eigenvalue weighted by atomic mass is 9.93. The van der Waals surface area contributed by atoms with E-state index in [2.05, 4.69) is 10.1 Å². The van der Waals surface area contributed by atoms with Crippen molar-refractivity contribution in [1.29, 1.82) is 0 Å². The van der Waals surface area contributed by atoms with Crippen LogP contribution in [0.4, 0.5) is 18.9 Å². The number of fused-ring (bicyclic) bond motifs is 1. The molecule has 7 nitrogen and oxygen atoms in total. The number of carbonyl (C=O) groups is 3. The molecule has 0 bridgehead atoms. The number of benzene rings is 1. The van der Waals surface area contributed by atoms with E-state index in [1.807, 2.05) is 0 Å². The summed E-state index contributed by atoms with van der Waals surface area (Å²) in [4.78, 5) is 35.0. The molecule has 1 aliphatic heterocycles. The van der Waals surface area contributed by atoms with E-state index in [0.29, 0.717) is 28.9 Å². The number of allylic oxidation sites excluding steroid dienone is 2. The van der Waals surface area contributed by atoms with Crippen LogP contribution in [0.1, 0.15) is 46.8 Å². The summed E-state index contributed by atoms with van der Waals surface area (Å²) in [5, 5.41) is 2.48. The number of alkyl halides is 3. The van der Waals surface area contributed by atoms with E-state index in [4.69, 9.17) is 9.47 Å². The van der Waals surface area contributed by atoms with Crippen molar-refractivity contribution >= 4 is 23.4 Å². The van der Waals surface area contributed by atoms with Crippen molar-refractivity contribution < 1.29 is 41.8 Å². The summed E-state index contributed by atoms with van der Waals surface area (Å²) in [5.74, 6) is -2.64. The van der Waals surface area contributed by atoms with E-state index in [0.717, 1.165) is 5.57 Å². The van der Waals surface area contributed by atoms with Gasteiger partial charge in [-0.25, -0.2) is 4.79 Å². The fraction of sp³-hybridized carbons (Fsp3) is 0.476. The first-order valence-electron chi connectivity index (χ1n) is 9.47. The highest BCUT2D eigenvalue weighted by Crippen LogP contribution is 2.41. The molecule has 170 valence electrons. The first kappa shape index (κ1) is 24.2. The minimum atomic E-state index is -5.00. The van der Waals surface area contributed by atoms with Crippen molar-refractivity contribution in [3.8, 4) is 5.75 Å². The first-order chi connectivity index (χ1) is 14.5. The number of hydrogen-bond donors (Lipinski definition) is 1. The molecule has 1 aromatic carbocycles. The third-order valence-electron chi connectivity index (χ3n) is 5.02. The Morgan fingerprint density at radius 2 is 1.90 bits per heavy atom. The maximum atomic E-state index is 12.7. The second-order valence-electron chi connectivity index (χ2n) is 7.05. The highest BCUT2D eigenvalue weighted by Gasteiger charge is 2.39. The van der Waals surface area contributed by atoms with E-state index < -0.39 is 24.5 Å². The van der Waals surface area contributed by atoms with Gasteiger partial charge in [0.15, 0.2) is 0 Å². The Morgan fingerprint density at radius 1 is 1.23 bits per heavy atom. The Kier molecular flexibility index (Phi) is 7.70. The van der Waals surface area contributed by atoms with Gasteiger partial charge in [-0.2, -0.15) is 13.2 Å². The zero-order valence-electron chi connectivity index (χ0n) is 17.7. The number of carbonyl (C=O) groups excluding carboxylic acids is 3. The number of esters is 2. The van der Waals surface area contributed by atoms with Gasteiger partial charge in [-0.1, -0.05) is 11.6 Å². The topological polar surface area (TPSA) is 90.9 Å². The van der Waals surface area contributed by atoms with Crippen molar-refractivity contribution in [2.45, 2.75) is 45.9 Å². The second-order valence-corrected chi connectivity index (χ2v) is 7.05. The van der Waals surface area contributed by atoms with Crippen molar-refractivity contribution in [3.05, 3.63) is 33.9 Å². The van der Waals surface area contributed by atoms with Gasteiger partial charge in [0, 0.05) is 17.5 Å². The number of halogens is 3. The van der Waals surface area contributed by atoms with Gasteiger partial charge in [0.25, 0.3) is 5.78 Å². The fourth-order valence-electron chi connectivity index (χ4n) is 3.30. The van der Waals surface area contributed by atoms with Crippen LogP contribution in [-0.2, 0) is 32.1 Å². The Labute approximate surface area is 177 Å².